The first-order valence-corrected chi connectivity index (χ1v) is 7.23. The van der Waals surface area contributed by atoms with Crippen molar-refractivity contribution in [3.8, 4) is 5.75 Å². The Labute approximate surface area is 124 Å². The molecule has 3 N–H and O–H groups in total. The van der Waals surface area contributed by atoms with Crippen LogP contribution in [0.2, 0.25) is 0 Å². The van der Waals surface area contributed by atoms with Crippen molar-refractivity contribution in [1.29, 1.82) is 0 Å². The van der Waals surface area contributed by atoms with Gasteiger partial charge < -0.3 is 20.7 Å². The van der Waals surface area contributed by atoms with Crippen LogP contribution in [0.3, 0.4) is 0 Å². The number of benzene rings is 1. The first-order chi connectivity index (χ1) is 10.2. The summed E-state index contributed by atoms with van der Waals surface area (Å²) >= 11 is 0. The third-order valence-corrected chi connectivity index (χ3v) is 3.13. The van der Waals surface area contributed by atoms with E-state index in [1.165, 1.54) is 0 Å². The van der Waals surface area contributed by atoms with Crippen molar-refractivity contribution in [1.82, 2.24) is 10.6 Å². The van der Waals surface area contributed by atoms with E-state index in [0.29, 0.717) is 25.4 Å². The van der Waals surface area contributed by atoms with Crippen LogP contribution in [0.15, 0.2) is 24.3 Å². The van der Waals surface area contributed by atoms with E-state index in [-0.39, 0.29) is 18.2 Å². The van der Waals surface area contributed by atoms with Gasteiger partial charge in [-0.15, -0.1) is 0 Å². The minimum absolute atomic E-state index is 0.125. The van der Waals surface area contributed by atoms with Crippen molar-refractivity contribution in [3.05, 3.63) is 24.3 Å². The quantitative estimate of drug-likeness (QED) is 0.727. The molecule has 1 aliphatic heterocycles. The standard InChI is InChI=1S/C15H21N3O3/c1-2-9-21-12-5-3-11(4-6-12)18-14(19)10-13-15(20)17-8-7-16-13/h3-6,13,16H,2,7-10H2,1H3,(H,17,20)(H,18,19). The van der Waals surface area contributed by atoms with Crippen molar-refractivity contribution < 1.29 is 14.3 Å². The molecule has 0 bridgehead atoms. The zero-order chi connectivity index (χ0) is 15.1. The molecule has 6 nitrogen and oxygen atoms in total. The molecule has 1 aromatic rings. The normalized spacial score (nSPS) is 18.0. The average molecular weight is 291 g/mol. The first-order valence-electron chi connectivity index (χ1n) is 7.23. The summed E-state index contributed by atoms with van der Waals surface area (Å²) in [5, 5.41) is 8.53. The highest BCUT2D eigenvalue weighted by Crippen LogP contribution is 2.16. The number of nitrogens with one attached hydrogen (secondary N) is 3. The molecule has 1 saturated heterocycles. The molecule has 6 heteroatoms. The van der Waals surface area contributed by atoms with Gasteiger partial charge in [0.1, 0.15) is 5.75 Å². The molecular formula is C15H21N3O3. The molecule has 114 valence electrons. The van der Waals surface area contributed by atoms with Crippen LogP contribution in [0, 0.1) is 0 Å². The molecule has 1 heterocycles. The second-order valence-corrected chi connectivity index (χ2v) is 4.92. The lowest BCUT2D eigenvalue weighted by atomic mass is 10.1. The zero-order valence-electron chi connectivity index (χ0n) is 12.1. The largest absolute Gasteiger partial charge is 0.494 e. The van der Waals surface area contributed by atoms with E-state index < -0.39 is 6.04 Å². The summed E-state index contributed by atoms with van der Waals surface area (Å²) in [5.41, 5.74) is 0.695. The maximum atomic E-state index is 11.9. The van der Waals surface area contributed by atoms with Gasteiger partial charge in [0.05, 0.1) is 19.1 Å². The molecule has 0 saturated carbocycles. The lowest BCUT2D eigenvalue weighted by Gasteiger charge is -2.22. The summed E-state index contributed by atoms with van der Waals surface area (Å²) in [6.45, 7) is 4.02. The summed E-state index contributed by atoms with van der Waals surface area (Å²) in [6, 6.07) is 6.76. The minimum atomic E-state index is -0.453. The van der Waals surface area contributed by atoms with E-state index in [2.05, 4.69) is 16.0 Å². The fourth-order valence-corrected chi connectivity index (χ4v) is 2.06. The second-order valence-electron chi connectivity index (χ2n) is 4.92. The van der Waals surface area contributed by atoms with Crippen LogP contribution in [-0.2, 0) is 9.59 Å². The monoisotopic (exact) mass is 291 g/mol. The van der Waals surface area contributed by atoms with Crippen LogP contribution < -0.4 is 20.7 Å². The number of carbonyl (C=O) groups excluding carboxylic acids is 2. The number of piperazine rings is 1. The van der Waals surface area contributed by atoms with E-state index in [0.717, 1.165) is 12.2 Å². The Kier molecular flexibility index (Phi) is 5.57. The van der Waals surface area contributed by atoms with E-state index in [1.807, 2.05) is 19.1 Å². The molecule has 2 rings (SSSR count). The van der Waals surface area contributed by atoms with Gasteiger partial charge in [-0.3, -0.25) is 9.59 Å². The molecule has 1 unspecified atom stereocenters. The van der Waals surface area contributed by atoms with Crippen LogP contribution in [0.5, 0.6) is 5.75 Å². The van der Waals surface area contributed by atoms with Gasteiger partial charge in [-0.05, 0) is 30.7 Å². The predicted molar refractivity (Wildman–Crippen MR) is 80.3 cm³/mol. The Hall–Kier alpha value is -2.08. The maximum Gasteiger partial charge on any atom is 0.237 e. The van der Waals surface area contributed by atoms with Crippen molar-refractivity contribution >= 4 is 17.5 Å². The van der Waals surface area contributed by atoms with Crippen molar-refractivity contribution in [2.75, 3.05) is 25.0 Å². The van der Waals surface area contributed by atoms with Gasteiger partial charge in [0.2, 0.25) is 11.8 Å². The average Bonchev–Trinajstić information content (AvgIpc) is 2.49. The lowest BCUT2D eigenvalue weighted by molar-refractivity contribution is -0.127. The van der Waals surface area contributed by atoms with Gasteiger partial charge in [0.15, 0.2) is 0 Å². The van der Waals surface area contributed by atoms with Gasteiger partial charge in [0.25, 0.3) is 0 Å². The molecule has 1 aromatic carbocycles. The van der Waals surface area contributed by atoms with Crippen LogP contribution in [0.4, 0.5) is 5.69 Å². The van der Waals surface area contributed by atoms with Gasteiger partial charge >= 0.3 is 0 Å². The molecule has 1 atom stereocenters. The predicted octanol–water partition coefficient (Wildman–Crippen LogP) is 0.892. The van der Waals surface area contributed by atoms with Gasteiger partial charge in [-0.1, -0.05) is 6.92 Å². The molecule has 0 aromatic heterocycles. The van der Waals surface area contributed by atoms with Crippen LogP contribution >= 0.6 is 0 Å². The SMILES string of the molecule is CCCOc1ccc(NC(=O)CC2NCCNC2=O)cc1. The molecule has 0 spiro atoms. The van der Waals surface area contributed by atoms with Crippen molar-refractivity contribution in [3.63, 3.8) is 0 Å². The Morgan fingerprint density at radius 3 is 2.76 bits per heavy atom. The fraction of sp³-hybridized carbons (Fsp3) is 0.467. The molecule has 1 aliphatic rings. The minimum Gasteiger partial charge on any atom is -0.494 e. The molecule has 2 amide bonds. The van der Waals surface area contributed by atoms with Crippen molar-refractivity contribution in [2.45, 2.75) is 25.8 Å². The molecule has 0 aliphatic carbocycles. The van der Waals surface area contributed by atoms with E-state index in [1.54, 1.807) is 12.1 Å². The molecule has 21 heavy (non-hydrogen) atoms. The number of hydrogen-bond donors (Lipinski definition) is 3. The topological polar surface area (TPSA) is 79.5 Å². The highest BCUT2D eigenvalue weighted by molar-refractivity contribution is 5.95. The molecule has 0 radical (unpaired) electrons. The van der Waals surface area contributed by atoms with E-state index >= 15 is 0 Å². The second kappa shape index (κ2) is 7.64. The Morgan fingerprint density at radius 2 is 2.10 bits per heavy atom. The van der Waals surface area contributed by atoms with Crippen LogP contribution in [0.1, 0.15) is 19.8 Å². The van der Waals surface area contributed by atoms with Gasteiger partial charge in [-0.25, -0.2) is 0 Å². The smallest absolute Gasteiger partial charge is 0.237 e. The Balaban J connectivity index is 1.83. The third-order valence-electron chi connectivity index (χ3n) is 3.13. The number of anilines is 1. The summed E-state index contributed by atoms with van der Waals surface area (Å²) in [5.74, 6) is 0.467. The van der Waals surface area contributed by atoms with Gasteiger partial charge in [-0.2, -0.15) is 0 Å². The summed E-state index contributed by atoms with van der Waals surface area (Å²) < 4.78 is 5.48. The third kappa shape index (κ3) is 4.75. The summed E-state index contributed by atoms with van der Waals surface area (Å²) in [7, 11) is 0. The zero-order valence-corrected chi connectivity index (χ0v) is 12.1. The number of hydrogen-bond acceptors (Lipinski definition) is 4. The number of ether oxygens (including phenoxy) is 1. The van der Waals surface area contributed by atoms with E-state index in [9.17, 15) is 9.59 Å². The summed E-state index contributed by atoms with van der Waals surface area (Å²) in [4.78, 5) is 23.5. The van der Waals surface area contributed by atoms with Crippen LogP contribution in [0.25, 0.3) is 0 Å². The highest BCUT2D eigenvalue weighted by atomic mass is 16.5. The molecular weight excluding hydrogens is 270 g/mol. The van der Waals surface area contributed by atoms with Crippen molar-refractivity contribution in [2.24, 2.45) is 0 Å². The fourth-order valence-electron chi connectivity index (χ4n) is 2.06. The number of rotatable bonds is 6. The van der Waals surface area contributed by atoms with Crippen LogP contribution in [-0.4, -0.2) is 37.6 Å². The first kappa shape index (κ1) is 15.3. The number of amides is 2. The van der Waals surface area contributed by atoms with Gasteiger partial charge in [0, 0.05) is 18.8 Å². The molecule has 1 fully saturated rings. The highest BCUT2D eigenvalue weighted by Gasteiger charge is 2.23. The maximum absolute atomic E-state index is 11.9. The Morgan fingerprint density at radius 1 is 1.33 bits per heavy atom. The number of carbonyl (C=O) groups is 2. The summed E-state index contributed by atoms with van der Waals surface area (Å²) in [6.07, 6.45) is 1.08. The Bertz CT molecular complexity index is 487. The lowest BCUT2D eigenvalue weighted by Crippen LogP contribution is -2.53. The van der Waals surface area contributed by atoms with E-state index in [4.69, 9.17) is 4.74 Å².